The van der Waals surface area contributed by atoms with Gasteiger partial charge in [0, 0.05) is 24.1 Å². The Hall–Kier alpha value is -2.95. The van der Waals surface area contributed by atoms with Gasteiger partial charge in [-0.25, -0.2) is 18.2 Å². The number of rotatable bonds is 4. The Bertz CT molecular complexity index is 1270. The maximum absolute atomic E-state index is 12.5. The molecule has 1 saturated heterocycles. The number of ether oxygens (including phenoxy) is 1. The minimum absolute atomic E-state index is 0.0402. The van der Waals surface area contributed by atoms with E-state index in [1.165, 1.54) is 7.11 Å². The van der Waals surface area contributed by atoms with Crippen molar-refractivity contribution in [3.05, 3.63) is 35.9 Å². The summed E-state index contributed by atoms with van der Waals surface area (Å²) in [7, 11) is -1.58. The first-order valence-electron chi connectivity index (χ1n) is 11.3. The summed E-state index contributed by atoms with van der Waals surface area (Å²) in [4.78, 5) is 20.9. The third-order valence-corrected chi connectivity index (χ3v) is 8.51. The quantitative estimate of drug-likeness (QED) is 0.573. The average Bonchev–Trinajstić information content (AvgIpc) is 3.44. The number of carbonyl (C=O) groups is 1. The van der Waals surface area contributed by atoms with E-state index in [1.807, 2.05) is 19.1 Å². The van der Waals surface area contributed by atoms with Crippen LogP contribution in [-0.2, 0) is 34.0 Å². The van der Waals surface area contributed by atoms with Crippen LogP contribution in [0.1, 0.15) is 43.6 Å². The number of anilines is 1. The van der Waals surface area contributed by atoms with Gasteiger partial charge in [-0.15, -0.1) is 0 Å². The Morgan fingerprint density at radius 1 is 1.15 bits per heavy atom. The van der Waals surface area contributed by atoms with Crippen LogP contribution >= 0.6 is 0 Å². The number of hydrogen-bond acceptors (Lipinski definition) is 7. The Labute approximate surface area is 192 Å². The predicted octanol–water partition coefficient (Wildman–Crippen LogP) is 2.53. The molecule has 1 fully saturated rings. The van der Waals surface area contributed by atoms with E-state index >= 15 is 0 Å². The molecule has 0 spiro atoms. The van der Waals surface area contributed by atoms with Crippen molar-refractivity contribution in [1.82, 2.24) is 24.5 Å². The van der Waals surface area contributed by atoms with E-state index in [4.69, 9.17) is 9.72 Å². The monoisotopic (exact) mass is 472 g/mol. The van der Waals surface area contributed by atoms with E-state index in [1.54, 1.807) is 22.1 Å². The zero-order valence-electron chi connectivity index (χ0n) is 18.8. The van der Waals surface area contributed by atoms with Gasteiger partial charge in [0.25, 0.3) is 0 Å². The lowest BCUT2D eigenvalue weighted by molar-refractivity contribution is 0.175. The molecule has 2 aliphatic heterocycles. The summed E-state index contributed by atoms with van der Waals surface area (Å²) in [6.45, 7) is 2.60. The fraction of sp³-hybridized carbons (Fsp3) is 0.545. The summed E-state index contributed by atoms with van der Waals surface area (Å²) in [5.41, 5.74) is 3.74. The van der Waals surface area contributed by atoms with Crippen LogP contribution in [0.5, 0.6) is 0 Å². The lowest BCUT2D eigenvalue weighted by Crippen LogP contribution is -2.42. The summed E-state index contributed by atoms with van der Waals surface area (Å²) < 4.78 is 31.4. The summed E-state index contributed by atoms with van der Waals surface area (Å²) in [6.07, 6.45) is 6.33. The number of aryl methyl sites for hydroxylation is 3. The highest BCUT2D eigenvalue weighted by Crippen LogP contribution is 2.38. The molecule has 1 amide bonds. The zero-order chi connectivity index (χ0) is 23.2. The van der Waals surface area contributed by atoms with Crippen LogP contribution in [-0.4, -0.2) is 63.7 Å². The number of methoxy groups -OCH3 is 1. The van der Waals surface area contributed by atoms with E-state index < -0.39 is 9.84 Å². The molecule has 3 aromatic rings. The van der Waals surface area contributed by atoms with E-state index in [0.29, 0.717) is 25.8 Å². The molecule has 0 bridgehead atoms. The first kappa shape index (κ1) is 21.9. The van der Waals surface area contributed by atoms with Crippen LogP contribution in [0, 0.1) is 0 Å². The van der Waals surface area contributed by atoms with Gasteiger partial charge in [-0.3, -0.25) is 4.90 Å². The van der Waals surface area contributed by atoms with Gasteiger partial charge in [-0.1, -0.05) is 0 Å². The van der Waals surface area contributed by atoms with Gasteiger partial charge in [-0.2, -0.15) is 15.0 Å². The molecule has 5 rings (SSSR count). The number of carbonyl (C=O) groups excluding carboxylic acids is 1. The first-order chi connectivity index (χ1) is 15.9. The standard InChI is InChI=1S/C22H28N6O4S/c1-15-3-4-17-18(27(15)22(29)32-2)5-6-19-21(17)25-20(7-12-26-23-10-11-24-26)28(19)16-8-13-33(30,31)14-9-16/h5-6,10-11,15-16H,3-4,7-9,12-14H2,1-2H3/t15-/m0/s1. The molecule has 0 unspecified atom stereocenters. The highest BCUT2D eigenvalue weighted by Gasteiger charge is 2.33. The van der Waals surface area contributed by atoms with Crippen molar-refractivity contribution in [2.75, 3.05) is 23.5 Å². The number of benzene rings is 1. The van der Waals surface area contributed by atoms with Gasteiger partial charge in [0.15, 0.2) is 0 Å². The molecule has 2 aromatic heterocycles. The van der Waals surface area contributed by atoms with Crippen molar-refractivity contribution >= 4 is 32.7 Å². The van der Waals surface area contributed by atoms with E-state index in [2.05, 4.69) is 14.8 Å². The van der Waals surface area contributed by atoms with Crippen LogP contribution in [0.3, 0.4) is 0 Å². The molecule has 176 valence electrons. The smallest absolute Gasteiger partial charge is 0.414 e. The van der Waals surface area contributed by atoms with Crippen LogP contribution in [0.25, 0.3) is 11.0 Å². The van der Waals surface area contributed by atoms with Crippen molar-refractivity contribution in [1.29, 1.82) is 0 Å². The molecule has 1 aromatic carbocycles. The molecule has 4 heterocycles. The molecular weight excluding hydrogens is 444 g/mol. The van der Waals surface area contributed by atoms with Gasteiger partial charge in [0.1, 0.15) is 15.7 Å². The maximum atomic E-state index is 12.5. The van der Waals surface area contributed by atoms with Gasteiger partial charge in [0.2, 0.25) is 0 Å². The normalized spacial score (nSPS) is 20.7. The molecule has 0 aliphatic carbocycles. The number of hydrogen-bond donors (Lipinski definition) is 0. The third kappa shape index (κ3) is 3.98. The zero-order valence-corrected chi connectivity index (χ0v) is 19.7. The summed E-state index contributed by atoms with van der Waals surface area (Å²) >= 11 is 0. The fourth-order valence-corrected chi connectivity index (χ4v) is 6.57. The topological polar surface area (TPSA) is 112 Å². The Kier molecular flexibility index (Phi) is 5.59. The molecular formula is C22H28N6O4S. The largest absolute Gasteiger partial charge is 0.452 e. The van der Waals surface area contributed by atoms with Crippen LogP contribution in [0.2, 0.25) is 0 Å². The Morgan fingerprint density at radius 2 is 1.88 bits per heavy atom. The number of imidazole rings is 1. The minimum Gasteiger partial charge on any atom is -0.452 e. The van der Waals surface area contributed by atoms with Gasteiger partial charge in [0.05, 0.1) is 54.3 Å². The average molecular weight is 473 g/mol. The lowest BCUT2D eigenvalue weighted by Gasteiger charge is -2.34. The number of fused-ring (bicyclic) bond motifs is 3. The molecule has 0 N–H and O–H groups in total. The number of sulfone groups is 1. The lowest BCUT2D eigenvalue weighted by atomic mass is 9.95. The number of aromatic nitrogens is 5. The second kappa shape index (κ2) is 8.44. The summed E-state index contributed by atoms with van der Waals surface area (Å²) in [5, 5.41) is 8.39. The molecule has 10 nitrogen and oxygen atoms in total. The predicted molar refractivity (Wildman–Crippen MR) is 123 cm³/mol. The van der Waals surface area contributed by atoms with Gasteiger partial charge >= 0.3 is 6.09 Å². The molecule has 33 heavy (non-hydrogen) atoms. The molecule has 0 radical (unpaired) electrons. The highest BCUT2D eigenvalue weighted by atomic mass is 32.2. The van der Waals surface area contributed by atoms with Crippen LogP contribution < -0.4 is 4.90 Å². The number of nitrogens with zero attached hydrogens (tertiary/aromatic N) is 6. The molecule has 0 saturated carbocycles. The van der Waals surface area contributed by atoms with Gasteiger partial charge < -0.3 is 9.30 Å². The maximum Gasteiger partial charge on any atom is 0.414 e. The highest BCUT2D eigenvalue weighted by molar-refractivity contribution is 7.91. The second-order valence-corrected chi connectivity index (χ2v) is 11.1. The van der Waals surface area contributed by atoms with Gasteiger partial charge in [-0.05, 0) is 44.7 Å². The molecule has 2 aliphatic rings. The Balaban J connectivity index is 1.60. The second-order valence-electron chi connectivity index (χ2n) is 8.81. The van der Waals surface area contributed by atoms with Crippen molar-refractivity contribution in [3.63, 3.8) is 0 Å². The SMILES string of the molecule is COC(=O)N1c2ccc3c(nc(CCn4nccn4)n3C3CCS(=O)(=O)CC3)c2CC[C@@H]1C. The third-order valence-electron chi connectivity index (χ3n) is 6.79. The van der Waals surface area contributed by atoms with Crippen molar-refractivity contribution in [2.45, 2.75) is 57.7 Å². The molecule has 11 heteroatoms. The van der Waals surface area contributed by atoms with E-state index in [0.717, 1.165) is 41.0 Å². The van der Waals surface area contributed by atoms with E-state index in [9.17, 15) is 13.2 Å². The number of amides is 1. The van der Waals surface area contributed by atoms with Crippen molar-refractivity contribution in [3.8, 4) is 0 Å². The van der Waals surface area contributed by atoms with Crippen LogP contribution in [0.15, 0.2) is 24.5 Å². The fourth-order valence-electron chi connectivity index (χ4n) is 5.10. The van der Waals surface area contributed by atoms with E-state index in [-0.39, 0.29) is 29.7 Å². The summed E-state index contributed by atoms with van der Waals surface area (Å²) in [5.74, 6) is 1.27. The van der Waals surface area contributed by atoms with Crippen molar-refractivity contribution < 1.29 is 17.9 Å². The first-order valence-corrected chi connectivity index (χ1v) is 13.1. The van der Waals surface area contributed by atoms with Crippen LogP contribution in [0.4, 0.5) is 10.5 Å². The van der Waals surface area contributed by atoms with Crippen molar-refractivity contribution in [2.24, 2.45) is 0 Å². The minimum atomic E-state index is -2.98. The Morgan fingerprint density at radius 3 is 2.58 bits per heavy atom. The summed E-state index contributed by atoms with van der Waals surface area (Å²) in [6, 6.07) is 4.09. The molecule has 1 atom stereocenters.